The fourth-order valence-corrected chi connectivity index (χ4v) is 3.36. The van der Waals surface area contributed by atoms with Gasteiger partial charge in [0, 0.05) is 36.3 Å². The number of rotatable bonds is 4. The van der Waals surface area contributed by atoms with Crippen molar-refractivity contribution in [1.82, 2.24) is 24.7 Å². The zero-order valence-electron chi connectivity index (χ0n) is 15.3. The second-order valence-electron chi connectivity index (χ2n) is 6.52. The number of halogens is 1. The van der Waals surface area contributed by atoms with Crippen LogP contribution in [0.2, 0.25) is 5.02 Å². The highest BCUT2D eigenvalue weighted by atomic mass is 35.5. The van der Waals surface area contributed by atoms with E-state index in [2.05, 4.69) is 25.4 Å². The summed E-state index contributed by atoms with van der Waals surface area (Å²) in [6.45, 7) is 1.92. The van der Waals surface area contributed by atoms with Crippen LogP contribution in [-0.4, -0.2) is 24.7 Å². The number of aromatic nitrogens is 5. The number of hydrogen-bond acceptors (Lipinski definition) is 6. The first kappa shape index (κ1) is 18.0. The van der Waals surface area contributed by atoms with E-state index in [1.165, 1.54) is 0 Å². The van der Waals surface area contributed by atoms with Crippen LogP contribution in [-0.2, 0) is 7.05 Å². The largest absolute Gasteiger partial charge is 0.368 e. The quantitative estimate of drug-likeness (QED) is 0.489. The molecule has 3 heterocycles. The number of aryl methyl sites for hydroxylation is 1. The number of nitrogens with two attached hydrogens (primary N) is 1. The molecular formula is C19H18ClN7O. The molecular weight excluding hydrogens is 378 g/mol. The predicted octanol–water partition coefficient (Wildman–Crippen LogP) is 3.13. The summed E-state index contributed by atoms with van der Waals surface area (Å²) in [6, 6.07) is 7.02. The van der Waals surface area contributed by atoms with Crippen molar-refractivity contribution in [2.75, 3.05) is 11.1 Å². The van der Waals surface area contributed by atoms with Crippen LogP contribution >= 0.6 is 11.6 Å². The smallest absolute Gasteiger partial charge is 0.257 e. The first-order valence-corrected chi connectivity index (χ1v) is 8.99. The third-order valence-corrected chi connectivity index (χ3v) is 4.80. The van der Waals surface area contributed by atoms with Crippen molar-refractivity contribution in [1.29, 1.82) is 0 Å². The molecule has 4 N–H and O–H groups in total. The summed E-state index contributed by atoms with van der Waals surface area (Å²) < 4.78 is 1.70. The molecule has 28 heavy (non-hydrogen) atoms. The van der Waals surface area contributed by atoms with Crippen molar-refractivity contribution in [3.63, 3.8) is 0 Å². The normalized spacial score (nSPS) is 12.2. The summed E-state index contributed by atoms with van der Waals surface area (Å²) in [4.78, 5) is 23.8. The highest BCUT2D eigenvalue weighted by molar-refractivity contribution is 6.35. The Labute approximate surface area is 165 Å². The van der Waals surface area contributed by atoms with Gasteiger partial charge in [0.25, 0.3) is 5.56 Å². The minimum absolute atomic E-state index is 0.154. The van der Waals surface area contributed by atoms with Crippen molar-refractivity contribution >= 4 is 34.1 Å². The van der Waals surface area contributed by atoms with E-state index in [1.54, 1.807) is 23.1 Å². The number of pyridine rings is 1. The monoisotopic (exact) mass is 395 g/mol. The summed E-state index contributed by atoms with van der Waals surface area (Å²) in [5, 5.41) is 9.17. The van der Waals surface area contributed by atoms with Gasteiger partial charge in [-0.05, 0) is 24.4 Å². The number of aromatic amines is 1. The Bertz CT molecular complexity index is 1230. The van der Waals surface area contributed by atoms with Crippen LogP contribution in [0.25, 0.3) is 21.9 Å². The molecule has 0 aliphatic carbocycles. The maximum Gasteiger partial charge on any atom is 0.257 e. The molecule has 0 unspecified atom stereocenters. The average molecular weight is 396 g/mol. The van der Waals surface area contributed by atoms with Gasteiger partial charge in [-0.15, -0.1) is 0 Å². The minimum Gasteiger partial charge on any atom is -0.368 e. The molecule has 0 bridgehead atoms. The SMILES string of the molecule is C[C@H](Nc1nc(N)ncc1-c1cnn(C)c1)c1cc2cccc(Cl)c2c(=O)[nH]1. The molecule has 142 valence electrons. The van der Waals surface area contributed by atoms with Gasteiger partial charge in [-0.1, -0.05) is 23.7 Å². The van der Waals surface area contributed by atoms with E-state index in [9.17, 15) is 4.79 Å². The molecule has 4 rings (SSSR count). The Balaban J connectivity index is 1.73. The Kier molecular flexibility index (Phi) is 4.48. The average Bonchev–Trinajstić information content (AvgIpc) is 3.07. The summed E-state index contributed by atoms with van der Waals surface area (Å²) in [5.41, 5.74) is 7.87. The molecule has 0 fully saturated rings. The third-order valence-electron chi connectivity index (χ3n) is 4.48. The van der Waals surface area contributed by atoms with Gasteiger partial charge >= 0.3 is 0 Å². The maximum absolute atomic E-state index is 12.5. The molecule has 0 saturated carbocycles. The van der Waals surface area contributed by atoms with Crippen LogP contribution in [0.15, 0.2) is 47.7 Å². The van der Waals surface area contributed by atoms with Crippen LogP contribution in [0.3, 0.4) is 0 Å². The van der Waals surface area contributed by atoms with Crippen LogP contribution in [0, 0.1) is 0 Å². The second kappa shape index (κ2) is 6.97. The number of fused-ring (bicyclic) bond motifs is 1. The van der Waals surface area contributed by atoms with Crippen molar-refractivity contribution in [3.05, 3.63) is 63.9 Å². The molecule has 0 spiro atoms. The summed E-state index contributed by atoms with van der Waals surface area (Å²) in [6.07, 6.45) is 5.24. The summed E-state index contributed by atoms with van der Waals surface area (Å²) in [7, 11) is 1.84. The number of nitrogen functional groups attached to an aromatic ring is 1. The topological polar surface area (TPSA) is 115 Å². The van der Waals surface area contributed by atoms with Gasteiger partial charge in [-0.2, -0.15) is 10.1 Å². The number of nitrogens with zero attached hydrogens (tertiary/aromatic N) is 4. The molecule has 9 heteroatoms. The van der Waals surface area contributed by atoms with Crippen molar-refractivity contribution in [3.8, 4) is 11.1 Å². The fraction of sp³-hybridized carbons (Fsp3) is 0.158. The zero-order chi connectivity index (χ0) is 19.8. The van der Waals surface area contributed by atoms with Crippen molar-refractivity contribution < 1.29 is 0 Å². The molecule has 3 aromatic heterocycles. The predicted molar refractivity (Wildman–Crippen MR) is 110 cm³/mol. The summed E-state index contributed by atoms with van der Waals surface area (Å²) >= 11 is 6.16. The van der Waals surface area contributed by atoms with Gasteiger partial charge in [0.15, 0.2) is 0 Å². The molecule has 0 aliphatic rings. The minimum atomic E-state index is -0.249. The first-order chi connectivity index (χ1) is 13.4. The standard InChI is InChI=1S/C19H18ClN7O/c1-10(15-6-11-4-3-5-14(20)16(11)18(28)25-15)24-17-13(8-22-19(21)26-17)12-7-23-27(2)9-12/h3-10H,1-2H3,(H,25,28)(H3,21,22,24,26)/t10-/m0/s1. The highest BCUT2D eigenvalue weighted by Crippen LogP contribution is 2.29. The van der Waals surface area contributed by atoms with Gasteiger partial charge in [-0.3, -0.25) is 9.48 Å². The highest BCUT2D eigenvalue weighted by Gasteiger charge is 2.15. The lowest BCUT2D eigenvalue weighted by Gasteiger charge is -2.17. The van der Waals surface area contributed by atoms with E-state index in [0.29, 0.717) is 21.9 Å². The second-order valence-corrected chi connectivity index (χ2v) is 6.92. The van der Waals surface area contributed by atoms with Crippen LogP contribution in [0.1, 0.15) is 18.7 Å². The Morgan fingerprint density at radius 1 is 1.32 bits per heavy atom. The number of anilines is 2. The van der Waals surface area contributed by atoms with Gasteiger partial charge in [0.2, 0.25) is 5.95 Å². The van der Waals surface area contributed by atoms with Crippen LogP contribution in [0.4, 0.5) is 11.8 Å². The van der Waals surface area contributed by atoms with Crippen LogP contribution < -0.4 is 16.6 Å². The number of hydrogen-bond donors (Lipinski definition) is 3. The molecule has 1 aromatic carbocycles. The zero-order valence-corrected chi connectivity index (χ0v) is 16.0. The molecule has 4 aromatic rings. The third kappa shape index (κ3) is 3.29. The van der Waals surface area contributed by atoms with Crippen molar-refractivity contribution in [2.24, 2.45) is 7.05 Å². The Hall–Kier alpha value is -3.39. The summed E-state index contributed by atoms with van der Waals surface area (Å²) in [5.74, 6) is 0.709. The number of benzene rings is 1. The van der Waals surface area contributed by atoms with Gasteiger partial charge in [-0.25, -0.2) is 4.98 Å². The first-order valence-electron chi connectivity index (χ1n) is 8.62. The number of H-pyrrole nitrogens is 1. The Morgan fingerprint density at radius 2 is 2.14 bits per heavy atom. The van der Waals surface area contributed by atoms with Crippen molar-refractivity contribution in [2.45, 2.75) is 13.0 Å². The van der Waals surface area contributed by atoms with E-state index >= 15 is 0 Å². The van der Waals surface area contributed by atoms with E-state index in [1.807, 2.05) is 38.4 Å². The molecule has 1 atom stereocenters. The van der Waals surface area contributed by atoms with Gasteiger partial charge in [0.05, 0.1) is 22.6 Å². The van der Waals surface area contributed by atoms with Gasteiger partial charge in [0.1, 0.15) is 5.82 Å². The molecule has 0 aliphatic heterocycles. The lowest BCUT2D eigenvalue weighted by Crippen LogP contribution is -2.17. The molecule has 0 saturated heterocycles. The molecule has 0 amide bonds. The molecule has 8 nitrogen and oxygen atoms in total. The van der Waals surface area contributed by atoms with Gasteiger partial charge < -0.3 is 16.0 Å². The Morgan fingerprint density at radius 3 is 2.89 bits per heavy atom. The van der Waals surface area contributed by atoms with E-state index in [4.69, 9.17) is 17.3 Å². The number of nitrogens with one attached hydrogen (secondary N) is 2. The lowest BCUT2D eigenvalue weighted by atomic mass is 10.1. The fourth-order valence-electron chi connectivity index (χ4n) is 3.09. The van der Waals surface area contributed by atoms with E-state index in [0.717, 1.165) is 16.5 Å². The van der Waals surface area contributed by atoms with Crippen LogP contribution in [0.5, 0.6) is 0 Å². The maximum atomic E-state index is 12.5. The lowest BCUT2D eigenvalue weighted by molar-refractivity contribution is 0.768. The molecule has 0 radical (unpaired) electrons. The van der Waals surface area contributed by atoms with E-state index < -0.39 is 0 Å². The van der Waals surface area contributed by atoms with E-state index in [-0.39, 0.29) is 17.5 Å².